The number of benzene rings is 2. The molecule has 5 nitrogen and oxygen atoms in total. The highest BCUT2D eigenvalue weighted by Gasteiger charge is 2.06. The van der Waals surface area contributed by atoms with Gasteiger partial charge in [0.1, 0.15) is 0 Å². The Morgan fingerprint density at radius 2 is 1.56 bits per heavy atom. The van der Waals surface area contributed by atoms with Crippen molar-refractivity contribution in [1.29, 1.82) is 0 Å². The minimum absolute atomic E-state index is 0.0135. The predicted molar refractivity (Wildman–Crippen MR) is 103 cm³/mol. The van der Waals surface area contributed by atoms with Crippen molar-refractivity contribution in [3.05, 3.63) is 53.1 Å². The molecule has 2 aromatic rings. The van der Waals surface area contributed by atoms with Gasteiger partial charge in [0.25, 0.3) is 0 Å². The monoisotopic (exact) mass is 359 g/mol. The normalized spacial score (nSPS) is 10.2. The van der Waals surface area contributed by atoms with Gasteiger partial charge in [-0.05, 0) is 55.3 Å². The fourth-order valence-corrected chi connectivity index (χ4v) is 2.44. The molecule has 2 amide bonds. The van der Waals surface area contributed by atoms with Gasteiger partial charge in [0.2, 0.25) is 11.8 Å². The topological polar surface area (TPSA) is 70.2 Å². The van der Waals surface area contributed by atoms with Gasteiger partial charge in [-0.15, -0.1) is 0 Å². The third-order valence-corrected chi connectivity index (χ3v) is 4.05. The fraction of sp³-hybridized carbons (Fsp3) is 0.263. The van der Waals surface area contributed by atoms with E-state index in [2.05, 4.69) is 16.0 Å². The Morgan fingerprint density at radius 3 is 2.16 bits per heavy atom. The number of anilines is 3. The zero-order valence-electron chi connectivity index (χ0n) is 14.4. The molecule has 0 fully saturated rings. The molecular weight excluding hydrogens is 338 g/mol. The molecule has 2 aromatic carbocycles. The van der Waals surface area contributed by atoms with Crippen molar-refractivity contribution in [2.45, 2.75) is 26.7 Å². The molecule has 25 heavy (non-hydrogen) atoms. The van der Waals surface area contributed by atoms with Crippen LogP contribution in [0.5, 0.6) is 0 Å². The third-order valence-electron chi connectivity index (χ3n) is 3.64. The summed E-state index contributed by atoms with van der Waals surface area (Å²) in [5.41, 5.74) is 3.12. The lowest BCUT2D eigenvalue weighted by Crippen LogP contribution is -2.22. The summed E-state index contributed by atoms with van der Waals surface area (Å²) in [5.74, 6) is -0.178. The van der Waals surface area contributed by atoms with E-state index in [0.29, 0.717) is 22.8 Å². The van der Waals surface area contributed by atoms with Crippen molar-refractivity contribution >= 4 is 40.5 Å². The molecule has 0 saturated heterocycles. The van der Waals surface area contributed by atoms with Crippen molar-refractivity contribution in [3.63, 3.8) is 0 Å². The third kappa shape index (κ3) is 5.80. The van der Waals surface area contributed by atoms with Crippen LogP contribution in [-0.2, 0) is 9.59 Å². The van der Waals surface area contributed by atoms with Gasteiger partial charge in [-0.25, -0.2) is 0 Å². The van der Waals surface area contributed by atoms with Gasteiger partial charge < -0.3 is 16.0 Å². The van der Waals surface area contributed by atoms with Crippen LogP contribution < -0.4 is 16.0 Å². The number of carbonyl (C=O) groups excluding carboxylic acids is 2. The standard InChI is InChI=1S/C19H22ClN3O2/c1-3-5-18(24)22-14-8-10-15(11-9-14)23-19(25)12-21-17-7-4-6-16(20)13(17)2/h4,6-11,21H,3,5,12H2,1-2H3,(H,22,24)(H,23,25). The minimum atomic E-state index is -0.165. The summed E-state index contributed by atoms with van der Waals surface area (Å²) in [5, 5.41) is 9.34. The summed E-state index contributed by atoms with van der Waals surface area (Å²) in [4.78, 5) is 23.6. The van der Waals surface area contributed by atoms with Crippen molar-refractivity contribution in [2.75, 3.05) is 22.5 Å². The van der Waals surface area contributed by atoms with Crippen molar-refractivity contribution in [2.24, 2.45) is 0 Å². The van der Waals surface area contributed by atoms with E-state index in [0.717, 1.165) is 17.7 Å². The molecular formula is C19H22ClN3O2. The molecule has 0 aliphatic carbocycles. The molecule has 0 atom stereocenters. The number of hydrogen-bond donors (Lipinski definition) is 3. The largest absolute Gasteiger partial charge is 0.376 e. The second-order valence-corrected chi connectivity index (χ2v) is 6.10. The van der Waals surface area contributed by atoms with Crippen LogP contribution in [0.25, 0.3) is 0 Å². The highest BCUT2D eigenvalue weighted by Crippen LogP contribution is 2.22. The molecule has 0 unspecified atom stereocenters. The highest BCUT2D eigenvalue weighted by atomic mass is 35.5. The van der Waals surface area contributed by atoms with Gasteiger partial charge in [-0.1, -0.05) is 24.6 Å². The first-order valence-corrected chi connectivity index (χ1v) is 8.56. The second-order valence-electron chi connectivity index (χ2n) is 5.69. The van der Waals surface area contributed by atoms with Crippen molar-refractivity contribution in [1.82, 2.24) is 0 Å². The van der Waals surface area contributed by atoms with Crippen LogP contribution in [0.4, 0.5) is 17.1 Å². The van der Waals surface area contributed by atoms with Gasteiger partial charge in [0.15, 0.2) is 0 Å². The molecule has 6 heteroatoms. The van der Waals surface area contributed by atoms with E-state index in [-0.39, 0.29) is 18.4 Å². The van der Waals surface area contributed by atoms with E-state index in [1.165, 1.54) is 0 Å². The molecule has 132 valence electrons. The smallest absolute Gasteiger partial charge is 0.243 e. The summed E-state index contributed by atoms with van der Waals surface area (Å²) < 4.78 is 0. The van der Waals surface area contributed by atoms with Gasteiger partial charge in [0, 0.05) is 28.5 Å². The summed E-state index contributed by atoms with van der Waals surface area (Å²) in [6.45, 7) is 3.99. The van der Waals surface area contributed by atoms with E-state index in [1.54, 1.807) is 24.3 Å². The average Bonchev–Trinajstić information content (AvgIpc) is 2.58. The predicted octanol–water partition coefficient (Wildman–Crippen LogP) is 4.44. The summed E-state index contributed by atoms with van der Waals surface area (Å²) in [6.07, 6.45) is 1.30. The van der Waals surface area contributed by atoms with Crippen LogP contribution in [0.1, 0.15) is 25.3 Å². The first-order valence-electron chi connectivity index (χ1n) is 8.18. The molecule has 0 bridgehead atoms. The lowest BCUT2D eigenvalue weighted by Gasteiger charge is -2.11. The summed E-state index contributed by atoms with van der Waals surface area (Å²) in [7, 11) is 0. The summed E-state index contributed by atoms with van der Waals surface area (Å²) in [6, 6.07) is 12.6. The average molecular weight is 360 g/mol. The van der Waals surface area contributed by atoms with E-state index in [4.69, 9.17) is 11.6 Å². The number of rotatable bonds is 7. The Balaban J connectivity index is 1.86. The van der Waals surface area contributed by atoms with Crippen LogP contribution in [0.3, 0.4) is 0 Å². The first-order chi connectivity index (χ1) is 12.0. The molecule has 0 saturated carbocycles. The van der Waals surface area contributed by atoms with Gasteiger partial charge in [-0.3, -0.25) is 9.59 Å². The van der Waals surface area contributed by atoms with Gasteiger partial charge in [0.05, 0.1) is 6.54 Å². The van der Waals surface area contributed by atoms with Crippen LogP contribution >= 0.6 is 11.6 Å². The van der Waals surface area contributed by atoms with Gasteiger partial charge in [-0.2, -0.15) is 0 Å². The van der Waals surface area contributed by atoms with E-state index in [1.807, 2.05) is 32.0 Å². The first kappa shape index (κ1) is 18.8. The molecule has 2 rings (SSSR count). The zero-order valence-corrected chi connectivity index (χ0v) is 15.1. The fourth-order valence-electron chi connectivity index (χ4n) is 2.27. The Labute approximate surface area is 152 Å². The Kier molecular flexibility index (Phi) is 6.83. The van der Waals surface area contributed by atoms with E-state index >= 15 is 0 Å². The number of nitrogens with one attached hydrogen (secondary N) is 3. The zero-order chi connectivity index (χ0) is 18.2. The number of amides is 2. The van der Waals surface area contributed by atoms with Gasteiger partial charge >= 0.3 is 0 Å². The molecule has 0 heterocycles. The number of hydrogen-bond acceptors (Lipinski definition) is 3. The summed E-state index contributed by atoms with van der Waals surface area (Å²) >= 11 is 6.06. The lowest BCUT2D eigenvalue weighted by atomic mass is 10.2. The molecule has 0 aliphatic heterocycles. The van der Waals surface area contributed by atoms with E-state index < -0.39 is 0 Å². The molecule has 0 aliphatic rings. The Morgan fingerprint density at radius 1 is 0.960 bits per heavy atom. The maximum atomic E-state index is 12.1. The maximum absolute atomic E-state index is 12.1. The molecule has 3 N–H and O–H groups in total. The van der Waals surface area contributed by atoms with E-state index in [9.17, 15) is 9.59 Å². The SMILES string of the molecule is CCCC(=O)Nc1ccc(NC(=O)CNc2cccc(Cl)c2C)cc1. The number of carbonyl (C=O) groups is 2. The quantitative estimate of drug-likeness (QED) is 0.684. The van der Waals surface area contributed by atoms with Crippen LogP contribution in [-0.4, -0.2) is 18.4 Å². The van der Waals surface area contributed by atoms with Crippen LogP contribution in [0.15, 0.2) is 42.5 Å². The van der Waals surface area contributed by atoms with Crippen LogP contribution in [0.2, 0.25) is 5.02 Å². The molecule has 0 aromatic heterocycles. The van der Waals surface area contributed by atoms with Crippen molar-refractivity contribution < 1.29 is 9.59 Å². The highest BCUT2D eigenvalue weighted by molar-refractivity contribution is 6.31. The Bertz CT molecular complexity index is 745. The lowest BCUT2D eigenvalue weighted by molar-refractivity contribution is -0.116. The Hall–Kier alpha value is -2.53. The number of halogens is 1. The molecule has 0 spiro atoms. The van der Waals surface area contributed by atoms with Crippen LogP contribution in [0, 0.1) is 6.92 Å². The minimum Gasteiger partial charge on any atom is -0.376 e. The molecule has 0 radical (unpaired) electrons. The van der Waals surface area contributed by atoms with Crippen molar-refractivity contribution in [3.8, 4) is 0 Å². The maximum Gasteiger partial charge on any atom is 0.243 e. The second kappa shape index (κ2) is 9.08.